The molecule has 0 aromatic heterocycles. The van der Waals surface area contributed by atoms with Gasteiger partial charge in [0.25, 0.3) is 0 Å². The van der Waals surface area contributed by atoms with E-state index >= 15 is 0 Å². The van der Waals surface area contributed by atoms with E-state index in [9.17, 15) is 4.79 Å². The van der Waals surface area contributed by atoms with Crippen molar-refractivity contribution in [1.82, 2.24) is 10.2 Å². The lowest BCUT2D eigenvalue weighted by Crippen LogP contribution is -2.51. The maximum atomic E-state index is 11.9. The van der Waals surface area contributed by atoms with Gasteiger partial charge in [-0.25, -0.2) is 0 Å². The number of carbonyl (C=O) groups is 1. The molecule has 1 saturated heterocycles. The third kappa shape index (κ3) is 6.91. The molecule has 4 nitrogen and oxygen atoms in total. The Morgan fingerprint density at radius 2 is 2.00 bits per heavy atom. The Kier molecular flexibility index (Phi) is 9.43. The molecule has 1 amide bonds. The standard InChI is InChI=1S/C15H31N3O.ClH/c1-4-8-15(3,16)14(19)17-9-5-10-18-11-6-13(2)7-12-18;/h13H,4-12,16H2,1-3H3,(H,17,19);1H. The molecular weight excluding hydrogens is 274 g/mol. The minimum Gasteiger partial charge on any atom is -0.354 e. The van der Waals surface area contributed by atoms with E-state index in [0.29, 0.717) is 0 Å². The van der Waals surface area contributed by atoms with Crippen LogP contribution in [0.25, 0.3) is 0 Å². The van der Waals surface area contributed by atoms with Crippen LogP contribution in [0.1, 0.15) is 52.9 Å². The number of carbonyl (C=O) groups excluding carboxylic acids is 1. The highest BCUT2D eigenvalue weighted by molar-refractivity contribution is 5.85. The van der Waals surface area contributed by atoms with Crippen molar-refractivity contribution >= 4 is 18.3 Å². The van der Waals surface area contributed by atoms with E-state index in [0.717, 1.165) is 38.3 Å². The van der Waals surface area contributed by atoms with Gasteiger partial charge < -0.3 is 16.0 Å². The molecule has 120 valence electrons. The zero-order valence-corrected chi connectivity index (χ0v) is 14.1. The number of hydrogen-bond acceptors (Lipinski definition) is 3. The number of rotatable bonds is 7. The Balaban J connectivity index is 0.00000361. The maximum absolute atomic E-state index is 11.9. The Labute approximate surface area is 130 Å². The van der Waals surface area contributed by atoms with E-state index < -0.39 is 5.54 Å². The molecule has 1 heterocycles. The molecule has 20 heavy (non-hydrogen) atoms. The number of halogens is 1. The zero-order chi connectivity index (χ0) is 14.3. The third-order valence-corrected chi connectivity index (χ3v) is 4.10. The Hall–Kier alpha value is -0.320. The molecule has 0 aromatic rings. The van der Waals surface area contributed by atoms with Gasteiger partial charge in [-0.2, -0.15) is 0 Å². The summed E-state index contributed by atoms with van der Waals surface area (Å²) in [6.45, 7) is 10.4. The van der Waals surface area contributed by atoms with Gasteiger partial charge in [0, 0.05) is 6.54 Å². The van der Waals surface area contributed by atoms with Crippen molar-refractivity contribution in [3.8, 4) is 0 Å². The first kappa shape index (κ1) is 19.7. The van der Waals surface area contributed by atoms with Crippen LogP contribution in [-0.4, -0.2) is 42.5 Å². The van der Waals surface area contributed by atoms with Crippen LogP contribution in [0.2, 0.25) is 0 Å². The summed E-state index contributed by atoms with van der Waals surface area (Å²) in [5, 5.41) is 2.97. The van der Waals surface area contributed by atoms with Crippen LogP contribution in [0.3, 0.4) is 0 Å². The Morgan fingerprint density at radius 3 is 2.55 bits per heavy atom. The highest BCUT2D eigenvalue weighted by Gasteiger charge is 2.26. The fourth-order valence-corrected chi connectivity index (χ4v) is 2.63. The minimum absolute atomic E-state index is 0. The Morgan fingerprint density at radius 1 is 1.40 bits per heavy atom. The van der Waals surface area contributed by atoms with Crippen LogP contribution in [0.4, 0.5) is 0 Å². The molecule has 3 N–H and O–H groups in total. The zero-order valence-electron chi connectivity index (χ0n) is 13.3. The summed E-state index contributed by atoms with van der Waals surface area (Å²) >= 11 is 0. The number of hydrogen-bond donors (Lipinski definition) is 2. The van der Waals surface area contributed by atoms with Gasteiger partial charge in [0.05, 0.1) is 5.54 Å². The second-order valence-corrected chi connectivity index (χ2v) is 6.30. The molecule has 0 aromatic carbocycles. The maximum Gasteiger partial charge on any atom is 0.239 e. The van der Waals surface area contributed by atoms with Gasteiger partial charge in [0.1, 0.15) is 0 Å². The molecular formula is C15H32ClN3O. The summed E-state index contributed by atoms with van der Waals surface area (Å²) < 4.78 is 0. The van der Waals surface area contributed by atoms with Crippen molar-refractivity contribution in [3.63, 3.8) is 0 Å². The molecule has 1 atom stereocenters. The van der Waals surface area contributed by atoms with E-state index in [1.165, 1.54) is 25.9 Å². The van der Waals surface area contributed by atoms with Crippen molar-refractivity contribution in [2.75, 3.05) is 26.2 Å². The summed E-state index contributed by atoms with van der Waals surface area (Å²) in [6.07, 6.45) is 5.31. The van der Waals surface area contributed by atoms with Crippen LogP contribution in [-0.2, 0) is 4.79 Å². The summed E-state index contributed by atoms with van der Waals surface area (Å²) in [6, 6.07) is 0. The monoisotopic (exact) mass is 305 g/mol. The summed E-state index contributed by atoms with van der Waals surface area (Å²) in [4.78, 5) is 14.4. The van der Waals surface area contributed by atoms with Crippen molar-refractivity contribution in [1.29, 1.82) is 0 Å². The smallest absolute Gasteiger partial charge is 0.239 e. The average Bonchev–Trinajstić information content (AvgIpc) is 2.36. The molecule has 0 saturated carbocycles. The van der Waals surface area contributed by atoms with E-state index in [1.54, 1.807) is 0 Å². The van der Waals surface area contributed by atoms with Crippen LogP contribution in [0.15, 0.2) is 0 Å². The van der Waals surface area contributed by atoms with E-state index in [4.69, 9.17) is 5.73 Å². The number of piperidine rings is 1. The second kappa shape index (κ2) is 9.59. The molecule has 1 aliphatic rings. The fraction of sp³-hybridized carbons (Fsp3) is 0.933. The highest BCUT2D eigenvalue weighted by Crippen LogP contribution is 2.15. The van der Waals surface area contributed by atoms with Gasteiger partial charge >= 0.3 is 0 Å². The van der Waals surface area contributed by atoms with Crippen LogP contribution in [0, 0.1) is 5.92 Å². The van der Waals surface area contributed by atoms with Crippen molar-refractivity contribution < 1.29 is 4.79 Å². The normalized spacial score (nSPS) is 20.0. The number of nitrogens with zero attached hydrogens (tertiary/aromatic N) is 1. The summed E-state index contributed by atoms with van der Waals surface area (Å²) in [5.41, 5.74) is 5.28. The van der Waals surface area contributed by atoms with Gasteiger partial charge in [-0.3, -0.25) is 4.79 Å². The predicted molar refractivity (Wildman–Crippen MR) is 87.2 cm³/mol. The Bertz CT molecular complexity index is 276. The minimum atomic E-state index is -0.713. The summed E-state index contributed by atoms with van der Waals surface area (Å²) in [5.74, 6) is 0.865. The van der Waals surface area contributed by atoms with Crippen molar-refractivity contribution in [2.45, 2.75) is 58.4 Å². The van der Waals surface area contributed by atoms with E-state index in [1.807, 2.05) is 6.92 Å². The molecule has 1 rings (SSSR count). The van der Waals surface area contributed by atoms with Crippen LogP contribution < -0.4 is 11.1 Å². The van der Waals surface area contributed by atoms with Crippen molar-refractivity contribution in [2.24, 2.45) is 11.7 Å². The van der Waals surface area contributed by atoms with E-state index in [2.05, 4.69) is 24.1 Å². The number of nitrogens with one attached hydrogen (secondary N) is 1. The molecule has 1 unspecified atom stereocenters. The lowest BCUT2D eigenvalue weighted by Gasteiger charge is -2.30. The fourth-order valence-electron chi connectivity index (χ4n) is 2.63. The van der Waals surface area contributed by atoms with Crippen molar-refractivity contribution in [3.05, 3.63) is 0 Å². The quantitative estimate of drug-likeness (QED) is 0.709. The van der Waals surface area contributed by atoms with Crippen LogP contribution in [0.5, 0.6) is 0 Å². The SMILES string of the molecule is CCCC(C)(N)C(=O)NCCCN1CCC(C)CC1.Cl. The van der Waals surface area contributed by atoms with Crippen LogP contribution >= 0.6 is 12.4 Å². The molecule has 0 aliphatic carbocycles. The van der Waals surface area contributed by atoms with Gasteiger partial charge in [-0.15, -0.1) is 12.4 Å². The molecule has 0 spiro atoms. The van der Waals surface area contributed by atoms with Gasteiger partial charge in [0.2, 0.25) is 5.91 Å². The predicted octanol–water partition coefficient (Wildman–Crippen LogP) is 2.16. The number of amides is 1. The van der Waals surface area contributed by atoms with Gasteiger partial charge in [-0.1, -0.05) is 20.3 Å². The van der Waals surface area contributed by atoms with Gasteiger partial charge in [0.15, 0.2) is 0 Å². The topological polar surface area (TPSA) is 58.4 Å². The number of nitrogens with two attached hydrogens (primary N) is 1. The molecule has 1 aliphatic heterocycles. The molecule has 1 fully saturated rings. The highest BCUT2D eigenvalue weighted by atomic mass is 35.5. The molecule has 0 bridgehead atoms. The first-order valence-electron chi connectivity index (χ1n) is 7.75. The lowest BCUT2D eigenvalue weighted by molar-refractivity contribution is -0.126. The second-order valence-electron chi connectivity index (χ2n) is 6.30. The molecule has 0 radical (unpaired) electrons. The first-order valence-corrected chi connectivity index (χ1v) is 7.75. The largest absolute Gasteiger partial charge is 0.354 e. The van der Waals surface area contributed by atoms with Gasteiger partial charge in [-0.05, 0) is 58.2 Å². The third-order valence-electron chi connectivity index (χ3n) is 4.10. The lowest BCUT2D eigenvalue weighted by atomic mass is 9.96. The first-order chi connectivity index (χ1) is 8.95. The molecule has 5 heteroatoms. The summed E-state index contributed by atoms with van der Waals surface area (Å²) in [7, 11) is 0. The average molecular weight is 306 g/mol. The number of likely N-dealkylation sites (tertiary alicyclic amines) is 1. The van der Waals surface area contributed by atoms with E-state index in [-0.39, 0.29) is 18.3 Å².